The van der Waals surface area contributed by atoms with Gasteiger partial charge in [0.15, 0.2) is 5.78 Å². The molecule has 0 atom stereocenters. The number of ketones is 1. The van der Waals surface area contributed by atoms with Gasteiger partial charge in [-0.1, -0.05) is 38.1 Å². The molecule has 3 aliphatic rings. The lowest BCUT2D eigenvalue weighted by Gasteiger charge is -2.41. The SMILES string of the molecule is CC.O=C1NC(=O)C(C2(C3C(=O)NC(=O)NC3=O)Cc3ccccc3C2=O)C(=O)N1. The number of urea groups is 2. The Hall–Kier alpha value is -3.89. The lowest BCUT2D eigenvalue weighted by Crippen LogP contribution is -2.69. The molecule has 0 aromatic heterocycles. The molecular formula is C19H18N4O7. The highest BCUT2D eigenvalue weighted by atomic mass is 16.2. The minimum atomic E-state index is -2.13. The minimum Gasteiger partial charge on any atom is -0.293 e. The lowest BCUT2D eigenvalue weighted by molar-refractivity contribution is -0.148. The quantitative estimate of drug-likeness (QED) is 0.469. The molecular weight excluding hydrogens is 396 g/mol. The summed E-state index contributed by atoms with van der Waals surface area (Å²) in [4.78, 5) is 86.5. The van der Waals surface area contributed by atoms with Gasteiger partial charge in [0.25, 0.3) is 0 Å². The van der Waals surface area contributed by atoms with Gasteiger partial charge < -0.3 is 0 Å². The van der Waals surface area contributed by atoms with Crippen molar-refractivity contribution in [2.24, 2.45) is 17.3 Å². The molecule has 2 aliphatic heterocycles. The fraction of sp³-hybridized carbons (Fsp3) is 0.316. The van der Waals surface area contributed by atoms with Crippen LogP contribution in [0.4, 0.5) is 9.59 Å². The zero-order valence-corrected chi connectivity index (χ0v) is 16.0. The molecule has 0 radical (unpaired) electrons. The van der Waals surface area contributed by atoms with E-state index < -0.39 is 58.7 Å². The maximum atomic E-state index is 13.4. The van der Waals surface area contributed by atoms with Gasteiger partial charge in [0.2, 0.25) is 23.6 Å². The van der Waals surface area contributed by atoms with Crippen LogP contribution in [0.1, 0.15) is 29.8 Å². The highest BCUT2D eigenvalue weighted by Crippen LogP contribution is 2.49. The fourth-order valence-electron chi connectivity index (χ4n) is 4.15. The number of carbonyl (C=O) groups is 7. The van der Waals surface area contributed by atoms with Crippen LogP contribution in [-0.2, 0) is 25.6 Å². The Bertz CT molecular complexity index is 928. The van der Waals surface area contributed by atoms with Crippen LogP contribution in [0, 0.1) is 17.3 Å². The van der Waals surface area contributed by atoms with Crippen LogP contribution in [0.5, 0.6) is 0 Å². The van der Waals surface area contributed by atoms with Crippen molar-refractivity contribution < 1.29 is 33.6 Å². The predicted molar refractivity (Wildman–Crippen MR) is 98.6 cm³/mol. The summed E-state index contributed by atoms with van der Waals surface area (Å²) in [6.07, 6.45) is -0.276. The van der Waals surface area contributed by atoms with Crippen molar-refractivity contribution in [2.45, 2.75) is 20.3 Å². The Labute approximate surface area is 169 Å². The number of nitrogens with one attached hydrogen (secondary N) is 4. The first kappa shape index (κ1) is 20.8. The van der Waals surface area contributed by atoms with E-state index in [4.69, 9.17) is 0 Å². The van der Waals surface area contributed by atoms with E-state index in [1.807, 2.05) is 35.1 Å². The number of barbiturate groups is 2. The van der Waals surface area contributed by atoms with Gasteiger partial charge in [0.05, 0.1) is 5.41 Å². The third kappa shape index (κ3) is 2.95. The Morgan fingerprint density at radius 3 is 1.50 bits per heavy atom. The number of rotatable bonds is 2. The second-order valence-electron chi connectivity index (χ2n) is 6.68. The molecule has 0 unspecified atom stereocenters. The molecule has 1 aromatic rings. The summed E-state index contributed by atoms with van der Waals surface area (Å²) in [5.41, 5.74) is -1.55. The van der Waals surface area contributed by atoms with Gasteiger partial charge in [0.1, 0.15) is 11.8 Å². The monoisotopic (exact) mass is 414 g/mol. The molecule has 2 heterocycles. The van der Waals surface area contributed by atoms with Crippen LogP contribution in [0.25, 0.3) is 0 Å². The van der Waals surface area contributed by atoms with Crippen molar-refractivity contribution in [3.63, 3.8) is 0 Å². The summed E-state index contributed by atoms with van der Waals surface area (Å²) in [5, 5.41) is 7.58. The van der Waals surface area contributed by atoms with E-state index in [1.54, 1.807) is 18.2 Å². The standard InChI is InChI=1S/C17H12N4O7.C2H6/c22-10-7-4-2-1-3-6(7)5-17(10,8-11(23)18-15(27)19-12(8)24)9-13(25)20-16(28)21-14(9)26;1-2/h1-4,8-9H,5H2,(H2,18,19,23,24,27)(H2,20,21,25,26,28);1-2H3. The van der Waals surface area contributed by atoms with Crippen molar-refractivity contribution in [3.05, 3.63) is 35.4 Å². The highest BCUT2D eigenvalue weighted by Gasteiger charge is 2.66. The van der Waals surface area contributed by atoms with Gasteiger partial charge in [0, 0.05) is 5.56 Å². The first-order valence-electron chi connectivity index (χ1n) is 9.20. The molecule has 0 saturated carbocycles. The highest BCUT2D eigenvalue weighted by molar-refractivity contribution is 6.25. The zero-order valence-electron chi connectivity index (χ0n) is 16.0. The van der Waals surface area contributed by atoms with Crippen molar-refractivity contribution in [1.82, 2.24) is 21.3 Å². The molecule has 0 spiro atoms. The number of benzene rings is 1. The Balaban J connectivity index is 0.00000124. The number of carbonyl (C=O) groups excluding carboxylic acids is 7. The van der Waals surface area contributed by atoms with Gasteiger partial charge in [-0.3, -0.25) is 45.2 Å². The first-order valence-corrected chi connectivity index (χ1v) is 9.20. The molecule has 1 aliphatic carbocycles. The van der Waals surface area contributed by atoms with Gasteiger partial charge in [-0.05, 0) is 12.0 Å². The summed E-state index contributed by atoms with van der Waals surface area (Å²) >= 11 is 0. The van der Waals surface area contributed by atoms with E-state index in [-0.39, 0.29) is 12.0 Å². The topological polar surface area (TPSA) is 168 Å². The molecule has 30 heavy (non-hydrogen) atoms. The van der Waals surface area contributed by atoms with Gasteiger partial charge in [-0.15, -0.1) is 0 Å². The Morgan fingerprint density at radius 2 is 1.10 bits per heavy atom. The Morgan fingerprint density at radius 1 is 0.700 bits per heavy atom. The number of amides is 8. The summed E-state index contributed by atoms with van der Waals surface area (Å²) in [6, 6.07) is 4.06. The van der Waals surface area contributed by atoms with Gasteiger partial charge >= 0.3 is 12.1 Å². The van der Waals surface area contributed by atoms with Crippen molar-refractivity contribution >= 4 is 41.5 Å². The average Bonchev–Trinajstić information content (AvgIpc) is 2.95. The molecule has 11 heteroatoms. The number of hydrogen-bond acceptors (Lipinski definition) is 7. The molecule has 1 aromatic carbocycles. The number of imide groups is 4. The van der Waals surface area contributed by atoms with Crippen LogP contribution >= 0.6 is 0 Å². The average molecular weight is 414 g/mol. The van der Waals surface area contributed by atoms with Gasteiger partial charge in [-0.25, -0.2) is 9.59 Å². The predicted octanol–water partition coefficient (Wildman–Crippen LogP) is -0.598. The largest absolute Gasteiger partial charge is 0.328 e. The van der Waals surface area contributed by atoms with Gasteiger partial charge in [-0.2, -0.15) is 0 Å². The normalized spacial score (nSPS) is 21.1. The van der Waals surface area contributed by atoms with E-state index in [1.165, 1.54) is 6.07 Å². The molecule has 4 N–H and O–H groups in total. The molecule has 2 saturated heterocycles. The van der Waals surface area contributed by atoms with E-state index in [0.29, 0.717) is 5.56 Å². The van der Waals surface area contributed by atoms with Crippen molar-refractivity contribution in [2.75, 3.05) is 0 Å². The number of fused-ring (bicyclic) bond motifs is 1. The van der Waals surface area contributed by atoms with Crippen molar-refractivity contribution in [1.29, 1.82) is 0 Å². The van der Waals surface area contributed by atoms with Crippen LogP contribution in [0.15, 0.2) is 24.3 Å². The maximum Gasteiger partial charge on any atom is 0.328 e. The summed E-state index contributed by atoms with van der Waals surface area (Å²) in [6.45, 7) is 4.00. The summed E-state index contributed by atoms with van der Waals surface area (Å²) in [7, 11) is 0. The van der Waals surface area contributed by atoms with Crippen LogP contribution in [-0.4, -0.2) is 41.5 Å². The lowest BCUT2D eigenvalue weighted by atomic mass is 9.61. The third-order valence-electron chi connectivity index (χ3n) is 5.19. The van der Waals surface area contributed by atoms with E-state index in [9.17, 15) is 33.6 Å². The second kappa shape index (κ2) is 7.50. The smallest absolute Gasteiger partial charge is 0.293 e. The summed E-state index contributed by atoms with van der Waals surface area (Å²) in [5.74, 6) is -8.85. The van der Waals surface area contributed by atoms with E-state index in [0.717, 1.165) is 0 Å². The third-order valence-corrected chi connectivity index (χ3v) is 5.19. The summed E-state index contributed by atoms with van der Waals surface area (Å²) < 4.78 is 0. The number of Topliss-reactive ketones (excluding diaryl/α,β-unsaturated/α-hetero) is 1. The maximum absolute atomic E-state index is 13.4. The minimum absolute atomic E-state index is 0.150. The molecule has 11 nitrogen and oxygen atoms in total. The van der Waals surface area contributed by atoms with Crippen LogP contribution in [0.2, 0.25) is 0 Å². The number of hydrogen-bond donors (Lipinski definition) is 4. The van der Waals surface area contributed by atoms with Crippen LogP contribution in [0.3, 0.4) is 0 Å². The van der Waals surface area contributed by atoms with E-state index in [2.05, 4.69) is 0 Å². The van der Waals surface area contributed by atoms with E-state index >= 15 is 0 Å². The first-order chi connectivity index (χ1) is 14.3. The Kier molecular flexibility index (Phi) is 5.21. The fourth-order valence-corrected chi connectivity index (χ4v) is 4.15. The molecule has 4 rings (SSSR count). The second-order valence-corrected chi connectivity index (χ2v) is 6.68. The van der Waals surface area contributed by atoms with Crippen molar-refractivity contribution in [3.8, 4) is 0 Å². The molecule has 8 amide bonds. The molecule has 0 bridgehead atoms. The zero-order chi connectivity index (χ0) is 22.2. The molecule has 156 valence electrons. The molecule has 2 fully saturated rings. The van der Waals surface area contributed by atoms with Crippen LogP contribution < -0.4 is 21.3 Å².